The van der Waals surface area contributed by atoms with Crippen molar-refractivity contribution >= 4 is 11.7 Å². The van der Waals surface area contributed by atoms with Crippen molar-refractivity contribution in [3.63, 3.8) is 0 Å². The summed E-state index contributed by atoms with van der Waals surface area (Å²) in [6.45, 7) is 9.24. The zero-order chi connectivity index (χ0) is 24.6. The maximum atomic E-state index is 12.7. The van der Waals surface area contributed by atoms with E-state index < -0.39 is 6.10 Å². The van der Waals surface area contributed by atoms with Crippen LogP contribution in [0.4, 0.5) is 5.82 Å². The Hall–Kier alpha value is -2.55. The van der Waals surface area contributed by atoms with Crippen molar-refractivity contribution in [1.82, 2.24) is 25.1 Å². The number of aliphatic hydroxyl groups excluding tert-OH is 1. The number of nitrogens with one attached hydrogen (secondary N) is 2. The molecule has 0 radical (unpaired) electrons. The Bertz CT molecular complexity index is 958. The molecule has 0 bridgehead atoms. The van der Waals surface area contributed by atoms with E-state index in [1.165, 1.54) is 30.3 Å². The lowest BCUT2D eigenvalue weighted by molar-refractivity contribution is 0.0838. The summed E-state index contributed by atoms with van der Waals surface area (Å²) in [6, 6.07) is 11.2. The molecule has 8 heteroatoms. The highest BCUT2D eigenvalue weighted by Crippen LogP contribution is 2.28. The molecule has 1 amide bonds. The van der Waals surface area contributed by atoms with Crippen LogP contribution in [-0.4, -0.2) is 81.7 Å². The molecule has 8 nitrogen and oxygen atoms in total. The number of anilines is 1. The molecule has 1 aliphatic carbocycles. The van der Waals surface area contributed by atoms with Crippen molar-refractivity contribution in [2.75, 3.05) is 38.0 Å². The third-order valence-corrected chi connectivity index (χ3v) is 7.08. The quantitative estimate of drug-likeness (QED) is 0.430. The topological polar surface area (TPSA) is 93.6 Å². The minimum Gasteiger partial charge on any atom is -0.390 e. The lowest BCUT2D eigenvalue weighted by Crippen LogP contribution is -2.50. The van der Waals surface area contributed by atoms with E-state index in [1.807, 2.05) is 0 Å². The fourth-order valence-corrected chi connectivity index (χ4v) is 5.20. The number of benzene rings is 1. The van der Waals surface area contributed by atoms with E-state index in [-0.39, 0.29) is 12.5 Å². The number of β-amino-alcohol motifs (C(OH)–C–C–N with tert-alkyl or cyclic N) is 1. The lowest BCUT2D eigenvalue weighted by Gasteiger charge is -2.43. The van der Waals surface area contributed by atoms with Gasteiger partial charge in [0.15, 0.2) is 0 Å². The molecular weight excluding hydrogens is 440 g/mol. The predicted octanol–water partition coefficient (Wildman–Crippen LogP) is 2.69. The average Bonchev–Trinajstić information content (AvgIpc) is 2.84. The molecule has 1 atom stereocenters. The maximum Gasteiger partial charge on any atom is 0.270 e. The highest BCUT2D eigenvalue weighted by Gasteiger charge is 2.33. The van der Waals surface area contributed by atoms with E-state index in [4.69, 9.17) is 0 Å². The Morgan fingerprint density at radius 1 is 1.17 bits per heavy atom. The Morgan fingerprint density at radius 2 is 1.91 bits per heavy atom. The molecule has 4 rings (SSSR count). The van der Waals surface area contributed by atoms with Crippen LogP contribution in [0.15, 0.2) is 36.7 Å². The summed E-state index contributed by atoms with van der Waals surface area (Å²) in [4.78, 5) is 25.9. The van der Waals surface area contributed by atoms with E-state index in [0.717, 1.165) is 45.4 Å². The second-order valence-corrected chi connectivity index (χ2v) is 9.91. The number of nitrogens with zero attached hydrogens (tertiary/aromatic N) is 4. The Balaban J connectivity index is 1.20. The lowest BCUT2D eigenvalue weighted by atomic mass is 9.85. The van der Waals surface area contributed by atoms with E-state index >= 15 is 0 Å². The summed E-state index contributed by atoms with van der Waals surface area (Å²) in [5, 5.41) is 16.8. The van der Waals surface area contributed by atoms with Gasteiger partial charge in [-0.1, -0.05) is 38.1 Å². The van der Waals surface area contributed by atoms with Crippen molar-refractivity contribution < 1.29 is 9.90 Å². The molecule has 2 heterocycles. The van der Waals surface area contributed by atoms with Crippen molar-refractivity contribution in [3.05, 3.63) is 53.5 Å². The first kappa shape index (κ1) is 25.5. The van der Waals surface area contributed by atoms with Gasteiger partial charge in [-0.3, -0.25) is 9.69 Å². The van der Waals surface area contributed by atoms with Gasteiger partial charge in [0.1, 0.15) is 17.8 Å². The van der Waals surface area contributed by atoms with Crippen LogP contribution >= 0.6 is 0 Å². The minimum atomic E-state index is -0.634. The van der Waals surface area contributed by atoms with Crippen molar-refractivity contribution in [1.29, 1.82) is 0 Å². The number of aliphatic hydroxyl groups is 1. The van der Waals surface area contributed by atoms with Crippen molar-refractivity contribution in [2.24, 2.45) is 0 Å². The number of rotatable bonds is 12. The van der Waals surface area contributed by atoms with Crippen LogP contribution < -0.4 is 10.6 Å². The second-order valence-electron chi connectivity index (χ2n) is 9.91. The molecule has 3 N–H and O–H groups in total. The van der Waals surface area contributed by atoms with E-state index in [1.54, 1.807) is 6.07 Å². The number of hydrogen-bond donors (Lipinski definition) is 3. The fourth-order valence-electron chi connectivity index (χ4n) is 5.20. The van der Waals surface area contributed by atoms with Crippen molar-refractivity contribution in [2.45, 2.75) is 70.7 Å². The highest BCUT2D eigenvalue weighted by molar-refractivity contribution is 5.92. The summed E-state index contributed by atoms with van der Waals surface area (Å²) in [7, 11) is 0. The molecule has 35 heavy (non-hydrogen) atoms. The summed E-state index contributed by atoms with van der Waals surface area (Å²) >= 11 is 0. The smallest absolute Gasteiger partial charge is 0.270 e. The van der Waals surface area contributed by atoms with Crippen LogP contribution in [-0.2, 0) is 13.0 Å². The molecule has 0 saturated heterocycles. The first-order valence-corrected chi connectivity index (χ1v) is 13.1. The zero-order valence-electron chi connectivity index (χ0n) is 21.1. The molecule has 190 valence electrons. The first-order valence-electron chi connectivity index (χ1n) is 13.1. The first-order chi connectivity index (χ1) is 17.1. The van der Waals surface area contributed by atoms with Crippen LogP contribution in [0, 0.1) is 0 Å². The predicted molar refractivity (Wildman–Crippen MR) is 138 cm³/mol. The third-order valence-electron chi connectivity index (χ3n) is 7.08. The molecule has 0 spiro atoms. The number of amides is 1. The second kappa shape index (κ2) is 12.4. The SMILES string of the molecule is CCCN(CCC)C1CC(Nc2cc(C(=O)NC[C@H](O)CN3CCc4ccccc4C3)ncn2)C1. The molecule has 1 aromatic heterocycles. The number of fused-ring (bicyclic) bond motifs is 1. The Morgan fingerprint density at radius 3 is 2.66 bits per heavy atom. The van der Waals surface area contributed by atoms with Gasteiger partial charge in [-0.15, -0.1) is 0 Å². The molecule has 1 saturated carbocycles. The average molecular weight is 481 g/mol. The Kier molecular flexibility index (Phi) is 9.06. The summed E-state index contributed by atoms with van der Waals surface area (Å²) in [6.07, 6.45) is 6.33. The van der Waals surface area contributed by atoms with Gasteiger partial charge in [0, 0.05) is 44.3 Å². The number of carbonyl (C=O) groups is 1. The molecule has 2 aromatic rings. The molecule has 1 aromatic carbocycles. The molecule has 1 aliphatic heterocycles. The summed E-state index contributed by atoms with van der Waals surface area (Å²) in [5.41, 5.74) is 3.02. The molecule has 0 unspecified atom stereocenters. The minimum absolute atomic E-state index is 0.193. The molecule has 2 aliphatic rings. The van der Waals surface area contributed by atoms with Crippen LogP contribution in [0.25, 0.3) is 0 Å². The number of carbonyl (C=O) groups excluding carboxylic acids is 1. The monoisotopic (exact) mass is 480 g/mol. The van der Waals surface area contributed by atoms with Gasteiger partial charge in [-0.2, -0.15) is 0 Å². The van der Waals surface area contributed by atoms with E-state index in [0.29, 0.717) is 30.1 Å². The van der Waals surface area contributed by atoms with Gasteiger partial charge in [-0.05, 0) is 56.3 Å². The van der Waals surface area contributed by atoms with Crippen LogP contribution in [0.3, 0.4) is 0 Å². The van der Waals surface area contributed by atoms with E-state index in [9.17, 15) is 9.90 Å². The van der Waals surface area contributed by atoms with Gasteiger partial charge >= 0.3 is 0 Å². The third kappa shape index (κ3) is 6.99. The highest BCUT2D eigenvalue weighted by atomic mass is 16.3. The van der Waals surface area contributed by atoms with Gasteiger partial charge in [-0.25, -0.2) is 9.97 Å². The van der Waals surface area contributed by atoms with Gasteiger partial charge in [0.25, 0.3) is 5.91 Å². The fraction of sp³-hybridized carbons (Fsp3) is 0.593. The summed E-state index contributed by atoms with van der Waals surface area (Å²) in [5.74, 6) is 0.390. The van der Waals surface area contributed by atoms with E-state index in [2.05, 4.69) is 68.5 Å². The Labute approximate surface area is 209 Å². The van der Waals surface area contributed by atoms with Gasteiger partial charge in [0.05, 0.1) is 6.10 Å². The summed E-state index contributed by atoms with van der Waals surface area (Å²) < 4.78 is 0. The van der Waals surface area contributed by atoms with Gasteiger partial charge in [0.2, 0.25) is 0 Å². The van der Waals surface area contributed by atoms with Gasteiger partial charge < -0.3 is 20.6 Å². The normalized spacial score (nSPS) is 20.7. The van der Waals surface area contributed by atoms with Crippen molar-refractivity contribution in [3.8, 4) is 0 Å². The van der Waals surface area contributed by atoms with Crippen LogP contribution in [0.2, 0.25) is 0 Å². The molecular formula is C27H40N6O2. The number of hydrogen-bond acceptors (Lipinski definition) is 7. The standard InChI is InChI=1S/C27H40N6O2/c1-3-10-33(11-4-2)23-13-22(14-23)31-26-15-25(29-19-30-26)27(35)28-16-24(34)18-32-12-9-20-7-5-6-8-21(20)17-32/h5-8,15,19,22-24,34H,3-4,9-14,16-18H2,1-2H3,(H,28,35)(H,29,30,31)/t22?,23?,24-/m0/s1. The molecule has 1 fully saturated rings. The van der Waals surface area contributed by atoms with Crippen LogP contribution in [0.1, 0.15) is 61.1 Å². The maximum absolute atomic E-state index is 12.7. The largest absolute Gasteiger partial charge is 0.390 e. The van der Waals surface area contributed by atoms with Crippen LogP contribution in [0.5, 0.6) is 0 Å². The number of aromatic nitrogens is 2. The zero-order valence-corrected chi connectivity index (χ0v) is 21.1.